The van der Waals surface area contributed by atoms with Gasteiger partial charge in [0.2, 0.25) is 5.91 Å². The van der Waals surface area contributed by atoms with Gasteiger partial charge in [0.25, 0.3) is 0 Å². The molecule has 20 heavy (non-hydrogen) atoms. The van der Waals surface area contributed by atoms with Crippen LogP contribution in [0, 0.1) is 11.8 Å². The van der Waals surface area contributed by atoms with E-state index in [1.165, 1.54) is 0 Å². The first-order valence-electron chi connectivity index (χ1n) is 7.59. The van der Waals surface area contributed by atoms with E-state index in [0.717, 1.165) is 6.42 Å². The average molecular weight is 283 g/mol. The van der Waals surface area contributed by atoms with Crippen LogP contribution < -0.4 is 0 Å². The summed E-state index contributed by atoms with van der Waals surface area (Å²) in [6.07, 6.45) is 1.56. The minimum atomic E-state index is -0.513. The Morgan fingerprint density at radius 2 is 1.70 bits per heavy atom. The van der Waals surface area contributed by atoms with Crippen molar-refractivity contribution in [2.24, 2.45) is 11.8 Å². The number of carbonyl (C=O) groups excluding carboxylic acids is 2. The van der Waals surface area contributed by atoms with Gasteiger partial charge < -0.3 is 9.64 Å². The van der Waals surface area contributed by atoms with Crippen molar-refractivity contribution in [3.05, 3.63) is 0 Å². The second kappa shape index (κ2) is 6.15. The summed E-state index contributed by atoms with van der Waals surface area (Å²) < 4.78 is 5.46. The number of likely N-dealkylation sites (tertiary alicyclic amines) is 1. The fourth-order valence-electron chi connectivity index (χ4n) is 2.48. The van der Waals surface area contributed by atoms with Crippen LogP contribution in [0.3, 0.4) is 0 Å². The lowest BCUT2D eigenvalue weighted by Crippen LogP contribution is -2.48. The molecule has 0 saturated carbocycles. The Balaban J connectivity index is 2.86. The largest absolute Gasteiger partial charge is 0.458 e. The molecule has 0 bridgehead atoms. The molecule has 0 aliphatic carbocycles. The van der Waals surface area contributed by atoms with Crippen molar-refractivity contribution in [2.45, 2.75) is 79.0 Å². The molecule has 1 rings (SSSR count). The second-order valence-electron chi connectivity index (χ2n) is 7.25. The van der Waals surface area contributed by atoms with Crippen LogP contribution in [-0.4, -0.2) is 34.5 Å². The van der Waals surface area contributed by atoms with Crippen LogP contribution in [0.5, 0.6) is 0 Å². The Hall–Kier alpha value is -1.06. The smallest absolute Gasteiger partial charge is 0.329 e. The normalized spacial score (nSPS) is 24.9. The first kappa shape index (κ1) is 17.0. The predicted molar refractivity (Wildman–Crippen MR) is 79.2 cm³/mol. The molecule has 4 heteroatoms. The molecule has 1 fully saturated rings. The minimum Gasteiger partial charge on any atom is -0.458 e. The lowest BCUT2D eigenvalue weighted by Gasteiger charge is -2.32. The predicted octanol–water partition coefficient (Wildman–Crippen LogP) is 3.00. The van der Waals surface area contributed by atoms with Gasteiger partial charge in [-0.2, -0.15) is 0 Å². The number of ether oxygens (including phenoxy) is 1. The quantitative estimate of drug-likeness (QED) is 0.748. The van der Waals surface area contributed by atoms with E-state index in [0.29, 0.717) is 6.42 Å². The molecule has 0 N–H and O–H groups in total. The topological polar surface area (TPSA) is 46.6 Å². The molecule has 0 aromatic carbocycles. The summed E-state index contributed by atoms with van der Waals surface area (Å²) in [6, 6.07) is -0.306. The van der Waals surface area contributed by atoms with Crippen molar-refractivity contribution in [2.75, 3.05) is 0 Å². The van der Waals surface area contributed by atoms with Gasteiger partial charge in [0.05, 0.1) is 0 Å². The molecule has 0 spiro atoms. The van der Waals surface area contributed by atoms with Crippen LogP contribution in [-0.2, 0) is 14.3 Å². The first-order chi connectivity index (χ1) is 9.04. The molecular weight excluding hydrogens is 254 g/mol. The van der Waals surface area contributed by atoms with Crippen molar-refractivity contribution < 1.29 is 14.3 Å². The third-order valence-corrected chi connectivity index (χ3v) is 3.99. The van der Waals surface area contributed by atoms with Crippen LogP contribution in [0.2, 0.25) is 0 Å². The summed E-state index contributed by atoms with van der Waals surface area (Å²) in [5.41, 5.74) is -0.513. The highest BCUT2D eigenvalue weighted by molar-refractivity contribution is 5.86. The van der Waals surface area contributed by atoms with Gasteiger partial charge in [-0.3, -0.25) is 4.79 Å². The van der Waals surface area contributed by atoms with E-state index in [2.05, 4.69) is 0 Å². The van der Waals surface area contributed by atoms with E-state index >= 15 is 0 Å². The Labute approximate surface area is 122 Å². The molecule has 1 amide bonds. The summed E-state index contributed by atoms with van der Waals surface area (Å²) in [6.45, 7) is 13.6. The third kappa shape index (κ3) is 3.97. The zero-order valence-electron chi connectivity index (χ0n) is 13.9. The maximum Gasteiger partial charge on any atom is 0.329 e. The number of hydrogen-bond donors (Lipinski definition) is 0. The van der Waals surface area contributed by atoms with E-state index in [-0.39, 0.29) is 29.8 Å². The molecule has 116 valence electrons. The number of amides is 1. The van der Waals surface area contributed by atoms with E-state index < -0.39 is 11.6 Å². The van der Waals surface area contributed by atoms with Crippen LogP contribution in [0.1, 0.15) is 61.3 Å². The van der Waals surface area contributed by atoms with Gasteiger partial charge >= 0.3 is 5.97 Å². The summed E-state index contributed by atoms with van der Waals surface area (Å²) in [5, 5.41) is 0. The minimum absolute atomic E-state index is 0.0690. The summed E-state index contributed by atoms with van der Waals surface area (Å²) in [7, 11) is 0. The van der Waals surface area contributed by atoms with E-state index in [1.807, 2.05) is 48.5 Å². The van der Waals surface area contributed by atoms with Crippen molar-refractivity contribution >= 4 is 11.9 Å². The van der Waals surface area contributed by atoms with Crippen molar-refractivity contribution in [1.29, 1.82) is 0 Å². The first-order valence-corrected chi connectivity index (χ1v) is 7.59. The molecule has 1 aliphatic heterocycles. The number of esters is 1. The molecule has 3 atom stereocenters. The lowest BCUT2D eigenvalue weighted by atomic mass is 9.96. The number of carbonyl (C=O) groups is 2. The molecule has 0 radical (unpaired) electrons. The molecular formula is C16H29NO3. The standard InChI is InChI=1S/C16H29NO3/c1-10(2)12(4)14(18)17-11(3)8-9-13(17)15(19)20-16(5,6)7/h10-13H,8-9H2,1-7H3/t11-,12-,13-/m0/s1. The number of hydrogen-bond acceptors (Lipinski definition) is 3. The van der Waals surface area contributed by atoms with Gasteiger partial charge in [-0.1, -0.05) is 20.8 Å². The van der Waals surface area contributed by atoms with Gasteiger partial charge in [0.15, 0.2) is 0 Å². The van der Waals surface area contributed by atoms with Gasteiger partial charge in [0.1, 0.15) is 11.6 Å². The van der Waals surface area contributed by atoms with Crippen molar-refractivity contribution in [1.82, 2.24) is 4.90 Å². The zero-order valence-corrected chi connectivity index (χ0v) is 13.9. The fourth-order valence-corrected chi connectivity index (χ4v) is 2.48. The van der Waals surface area contributed by atoms with Crippen LogP contribution in [0.15, 0.2) is 0 Å². The maximum absolute atomic E-state index is 12.6. The van der Waals surface area contributed by atoms with E-state index in [4.69, 9.17) is 4.74 Å². The maximum atomic E-state index is 12.6. The zero-order chi connectivity index (χ0) is 15.7. The summed E-state index contributed by atoms with van der Waals surface area (Å²) >= 11 is 0. The molecule has 4 nitrogen and oxygen atoms in total. The second-order valence-corrected chi connectivity index (χ2v) is 7.25. The fraction of sp³-hybridized carbons (Fsp3) is 0.875. The third-order valence-electron chi connectivity index (χ3n) is 3.99. The van der Waals surface area contributed by atoms with Crippen molar-refractivity contribution in [3.63, 3.8) is 0 Å². The number of rotatable bonds is 3. The Kier molecular flexibility index (Phi) is 5.22. The Morgan fingerprint density at radius 3 is 2.15 bits per heavy atom. The average Bonchev–Trinajstić information content (AvgIpc) is 2.66. The molecule has 0 aromatic heterocycles. The highest BCUT2D eigenvalue weighted by Gasteiger charge is 2.42. The van der Waals surface area contributed by atoms with Gasteiger partial charge in [-0.05, 0) is 46.5 Å². The molecule has 1 aliphatic rings. The molecule has 1 saturated heterocycles. The SMILES string of the molecule is CC(C)[C@H](C)C(=O)N1[C@@H](C)CC[C@H]1C(=O)OC(C)(C)C. The molecule has 1 heterocycles. The summed E-state index contributed by atoms with van der Waals surface area (Å²) in [4.78, 5) is 26.6. The van der Waals surface area contributed by atoms with E-state index in [1.54, 1.807) is 4.90 Å². The molecule has 0 unspecified atom stereocenters. The van der Waals surface area contributed by atoms with Gasteiger partial charge in [-0.15, -0.1) is 0 Å². The molecule has 0 aromatic rings. The Bertz CT molecular complexity index is 370. The van der Waals surface area contributed by atoms with Gasteiger partial charge in [0, 0.05) is 12.0 Å². The highest BCUT2D eigenvalue weighted by Crippen LogP contribution is 2.29. The lowest BCUT2D eigenvalue weighted by molar-refractivity contribution is -0.165. The van der Waals surface area contributed by atoms with Crippen molar-refractivity contribution in [3.8, 4) is 0 Å². The summed E-state index contributed by atoms with van der Waals surface area (Å²) in [5.74, 6) is 0.00193. The van der Waals surface area contributed by atoms with Crippen LogP contribution >= 0.6 is 0 Å². The van der Waals surface area contributed by atoms with Gasteiger partial charge in [-0.25, -0.2) is 4.79 Å². The van der Waals surface area contributed by atoms with Crippen LogP contribution in [0.4, 0.5) is 0 Å². The van der Waals surface area contributed by atoms with Crippen LogP contribution in [0.25, 0.3) is 0 Å². The Morgan fingerprint density at radius 1 is 1.15 bits per heavy atom. The van der Waals surface area contributed by atoms with E-state index in [9.17, 15) is 9.59 Å². The monoisotopic (exact) mass is 283 g/mol. The highest BCUT2D eigenvalue weighted by atomic mass is 16.6. The number of nitrogens with zero attached hydrogens (tertiary/aromatic N) is 1.